The molecule has 1 heterocycles. The monoisotopic (exact) mass is 293 g/mol. The van der Waals surface area contributed by atoms with Crippen molar-refractivity contribution in [1.29, 1.82) is 0 Å². The largest absolute Gasteiger partial charge is 0.367 e. The lowest BCUT2D eigenvalue weighted by molar-refractivity contribution is 0.372. The van der Waals surface area contributed by atoms with Gasteiger partial charge in [0.2, 0.25) is 0 Å². The number of hydrogen-bond acceptors (Lipinski definition) is 4. The van der Waals surface area contributed by atoms with Crippen LogP contribution in [0.5, 0.6) is 0 Å². The van der Waals surface area contributed by atoms with E-state index in [-0.39, 0.29) is 0 Å². The van der Waals surface area contributed by atoms with E-state index in [4.69, 9.17) is 5.73 Å². The average molecular weight is 293 g/mol. The van der Waals surface area contributed by atoms with Gasteiger partial charge in [0.1, 0.15) is 0 Å². The minimum absolute atomic E-state index is 0.622. The van der Waals surface area contributed by atoms with E-state index in [0.717, 1.165) is 18.8 Å². The minimum atomic E-state index is 0.622. The molecule has 4 heteroatoms. The van der Waals surface area contributed by atoms with E-state index < -0.39 is 0 Å². The van der Waals surface area contributed by atoms with Crippen LogP contribution in [0.15, 0.2) is 23.1 Å². The predicted molar refractivity (Wildman–Crippen MR) is 89.7 cm³/mol. The quantitative estimate of drug-likeness (QED) is 0.818. The van der Waals surface area contributed by atoms with Crippen LogP contribution in [0.1, 0.15) is 25.3 Å². The van der Waals surface area contributed by atoms with Crippen LogP contribution in [-0.2, 0) is 6.54 Å². The van der Waals surface area contributed by atoms with E-state index in [9.17, 15) is 0 Å². The van der Waals surface area contributed by atoms with Crippen molar-refractivity contribution in [2.24, 2.45) is 5.73 Å². The zero-order valence-corrected chi connectivity index (χ0v) is 13.7. The van der Waals surface area contributed by atoms with Crippen molar-refractivity contribution >= 4 is 17.4 Å². The van der Waals surface area contributed by atoms with Gasteiger partial charge in [-0.3, -0.25) is 0 Å². The maximum Gasteiger partial charge on any atom is 0.0426 e. The molecule has 1 aromatic carbocycles. The zero-order chi connectivity index (χ0) is 14.5. The van der Waals surface area contributed by atoms with E-state index in [0.29, 0.717) is 12.6 Å². The van der Waals surface area contributed by atoms with E-state index in [1.54, 1.807) is 0 Å². The van der Waals surface area contributed by atoms with Gasteiger partial charge in [0.25, 0.3) is 0 Å². The van der Waals surface area contributed by atoms with Gasteiger partial charge in [0, 0.05) is 41.8 Å². The normalized spacial score (nSPS) is 19.1. The number of anilines is 1. The third-order valence-corrected chi connectivity index (χ3v) is 4.86. The van der Waals surface area contributed by atoms with Gasteiger partial charge < -0.3 is 15.5 Å². The van der Waals surface area contributed by atoms with Crippen LogP contribution in [0.25, 0.3) is 0 Å². The summed E-state index contributed by atoms with van der Waals surface area (Å²) in [5.41, 5.74) is 8.73. The standard InChI is InChI=1S/C16H27N3S/c1-4-20-16-9-5-8-15(14(16)11-17)19-10-6-7-13(19)12-18(2)3/h5,8-9,13H,4,6-7,10-12,17H2,1-3H3. The first-order valence-corrected chi connectivity index (χ1v) is 8.52. The highest BCUT2D eigenvalue weighted by atomic mass is 32.2. The maximum absolute atomic E-state index is 6.05. The summed E-state index contributed by atoms with van der Waals surface area (Å²) in [6.45, 7) is 5.10. The van der Waals surface area contributed by atoms with Crippen molar-refractivity contribution in [3.63, 3.8) is 0 Å². The Hall–Kier alpha value is -0.710. The summed E-state index contributed by atoms with van der Waals surface area (Å²) in [5, 5.41) is 0. The lowest BCUT2D eigenvalue weighted by Gasteiger charge is -2.31. The Balaban J connectivity index is 2.28. The van der Waals surface area contributed by atoms with Crippen LogP contribution < -0.4 is 10.6 Å². The van der Waals surface area contributed by atoms with Crippen LogP contribution in [0.4, 0.5) is 5.69 Å². The molecule has 1 atom stereocenters. The van der Waals surface area contributed by atoms with Crippen LogP contribution >= 0.6 is 11.8 Å². The van der Waals surface area contributed by atoms with Gasteiger partial charge in [-0.2, -0.15) is 0 Å². The Bertz CT molecular complexity index is 434. The first-order chi connectivity index (χ1) is 9.67. The van der Waals surface area contributed by atoms with Crippen molar-refractivity contribution in [3.05, 3.63) is 23.8 Å². The highest BCUT2D eigenvalue weighted by molar-refractivity contribution is 7.99. The summed E-state index contributed by atoms with van der Waals surface area (Å²) in [6.07, 6.45) is 2.57. The van der Waals surface area contributed by atoms with Crippen molar-refractivity contribution in [2.75, 3.05) is 37.8 Å². The summed E-state index contributed by atoms with van der Waals surface area (Å²) >= 11 is 1.90. The fourth-order valence-electron chi connectivity index (χ4n) is 3.08. The second-order valence-corrected chi connectivity index (χ2v) is 6.95. The number of thioether (sulfide) groups is 1. The fourth-order valence-corrected chi connectivity index (χ4v) is 3.93. The lowest BCUT2D eigenvalue weighted by atomic mass is 10.1. The van der Waals surface area contributed by atoms with Crippen molar-refractivity contribution in [1.82, 2.24) is 4.90 Å². The van der Waals surface area contributed by atoms with E-state index >= 15 is 0 Å². The number of likely N-dealkylation sites (N-methyl/N-ethyl adjacent to an activating group) is 1. The van der Waals surface area contributed by atoms with Crippen molar-refractivity contribution in [3.8, 4) is 0 Å². The molecule has 2 N–H and O–H groups in total. The summed E-state index contributed by atoms with van der Waals surface area (Å²) in [7, 11) is 4.31. The fraction of sp³-hybridized carbons (Fsp3) is 0.625. The van der Waals surface area contributed by atoms with Gasteiger partial charge in [0.15, 0.2) is 0 Å². The summed E-state index contributed by atoms with van der Waals surface area (Å²) in [4.78, 5) is 6.21. The van der Waals surface area contributed by atoms with Crippen LogP contribution in [0.3, 0.4) is 0 Å². The molecule has 20 heavy (non-hydrogen) atoms. The van der Waals surface area contributed by atoms with Gasteiger partial charge in [-0.05, 0) is 44.8 Å². The molecule has 0 amide bonds. The SMILES string of the molecule is CCSc1cccc(N2CCCC2CN(C)C)c1CN. The number of hydrogen-bond donors (Lipinski definition) is 1. The molecule has 0 saturated carbocycles. The topological polar surface area (TPSA) is 32.5 Å². The van der Waals surface area contributed by atoms with Gasteiger partial charge in [-0.15, -0.1) is 11.8 Å². The third-order valence-electron chi connectivity index (χ3n) is 3.87. The summed E-state index contributed by atoms with van der Waals surface area (Å²) < 4.78 is 0. The molecule has 1 fully saturated rings. The molecule has 0 radical (unpaired) electrons. The molecule has 0 spiro atoms. The second kappa shape index (κ2) is 7.34. The van der Waals surface area contributed by atoms with Gasteiger partial charge >= 0.3 is 0 Å². The number of nitrogens with zero attached hydrogens (tertiary/aromatic N) is 2. The molecule has 0 bridgehead atoms. The molecule has 1 saturated heterocycles. The molecule has 0 aromatic heterocycles. The van der Waals surface area contributed by atoms with Crippen LogP contribution in [0, 0.1) is 0 Å². The van der Waals surface area contributed by atoms with E-state index in [2.05, 4.69) is 49.0 Å². The van der Waals surface area contributed by atoms with Gasteiger partial charge in [0.05, 0.1) is 0 Å². The highest BCUT2D eigenvalue weighted by Gasteiger charge is 2.27. The first-order valence-electron chi connectivity index (χ1n) is 7.53. The number of benzene rings is 1. The van der Waals surface area contributed by atoms with Gasteiger partial charge in [-0.25, -0.2) is 0 Å². The van der Waals surface area contributed by atoms with Crippen molar-refractivity contribution < 1.29 is 0 Å². The lowest BCUT2D eigenvalue weighted by Crippen LogP contribution is -2.38. The Morgan fingerprint density at radius 1 is 1.40 bits per heavy atom. The zero-order valence-electron chi connectivity index (χ0n) is 12.9. The molecule has 3 nitrogen and oxygen atoms in total. The average Bonchev–Trinajstić information content (AvgIpc) is 2.86. The molecule has 2 rings (SSSR count). The first kappa shape index (κ1) is 15.7. The Labute approximate surface area is 127 Å². The van der Waals surface area contributed by atoms with Crippen LogP contribution in [0.2, 0.25) is 0 Å². The van der Waals surface area contributed by atoms with Crippen LogP contribution in [-0.4, -0.2) is 43.9 Å². The smallest absolute Gasteiger partial charge is 0.0426 e. The molecule has 112 valence electrons. The molecule has 1 aliphatic rings. The third kappa shape index (κ3) is 3.48. The van der Waals surface area contributed by atoms with E-state index in [1.165, 1.54) is 29.0 Å². The van der Waals surface area contributed by atoms with E-state index in [1.807, 2.05) is 11.8 Å². The maximum atomic E-state index is 6.05. The second-order valence-electron chi connectivity index (χ2n) is 5.64. The molecule has 1 aliphatic heterocycles. The summed E-state index contributed by atoms with van der Waals surface area (Å²) in [5.74, 6) is 1.09. The highest BCUT2D eigenvalue weighted by Crippen LogP contribution is 2.34. The summed E-state index contributed by atoms with van der Waals surface area (Å²) in [6, 6.07) is 7.25. The minimum Gasteiger partial charge on any atom is -0.367 e. The molecular weight excluding hydrogens is 266 g/mol. The molecule has 1 aromatic rings. The molecular formula is C16H27N3S. The predicted octanol–water partition coefficient (Wildman–Crippen LogP) is 2.79. The molecule has 1 unspecified atom stereocenters. The number of rotatable bonds is 6. The van der Waals surface area contributed by atoms with Gasteiger partial charge in [-0.1, -0.05) is 13.0 Å². The Morgan fingerprint density at radius 2 is 2.20 bits per heavy atom. The molecule has 0 aliphatic carbocycles. The number of nitrogens with two attached hydrogens (primary N) is 1. The van der Waals surface area contributed by atoms with Crippen molar-refractivity contribution in [2.45, 2.75) is 37.2 Å². The Kier molecular flexibility index (Phi) is 5.75. The Morgan fingerprint density at radius 3 is 2.85 bits per heavy atom.